The van der Waals surface area contributed by atoms with Gasteiger partial charge in [-0.2, -0.15) is 5.26 Å². The number of thiol groups is 1. The Bertz CT molecular complexity index is 1130. The number of anilines is 1. The third-order valence-electron chi connectivity index (χ3n) is 4.93. The molecule has 2 aromatic rings. The average molecular weight is 437 g/mol. The number of aryl methyl sites for hydroxylation is 1. The number of nitriles is 1. The molecule has 3 rings (SSSR count). The van der Waals surface area contributed by atoms with Crippen LogP contribution in [0.2, 0.25) is 0 Å². The van der Waals surface area contributed by atoms with Gasteiger partial charge in [-0.1, -0.05) is 36.4 Å². The fourth-order valence-corrected chi connectivity index (χ4v) is 3.90. The van der Waals surface area contributed by atoms with Crippen LogP contribution in [0.15, 0.2) is 71.5 Å². The first-order valence-electron chi connectivity index (χ1n) is 9.35. The molecule has 0 spiro atoms. The maximum atomic E-state index is 13.3. The van der Waals surface area contributed by atoms with Crippen LogP contribution in [0.1, 0.15) is 35.6 Å². The zero-order chi connectivity index (χ0) is 21.8. The van der Waals surface area contributed by atoms with Gasteiger partial charge in [0.25, 0.3) is 0 Å². The highest BCUT2D eigenvalue weighted by Crippen LogP contribution is 2.40. The maximum absolute atomic E-state index is 13.3. The highest BCUT2D eigenvalue weighted by Gasteiger charge is 2.29. The van der Waals surface area contributed by atoms with Crippen molar-refractivity contribution in [3.05, 3.63) is 88.9 Å². The van der Waals surface area contributed by atoms with Crippen molar-refractivity contribution in [2.45, 2.75) is 31.7 Å². The number of rotatable bonds is 5. The number of amides is 1. The summed E-state index contributed by atoms with van der Waals surface area (Å²) in [4.78, 5) is 15.8. The van der Waals surface area contributed by atoms with Gasteiger partial charge >= 0.3 is 0 Å². The van der Waals surface area contributed by atoms with Crippen LogP contribution in [0.3, 0.4) is 0 Å². The van der Waals surface area contributed by atoms with Crippen molar-refractivity contribution in [3.63, 3.8) is 0 Å². The lowest BCUT2D eigenvalue weighted by molar-refractivity contribution is -0.118. The Hall–Kier alpha value is -2.94. The van der Waals surface area contributed by atoms with E-state index < -0.39 is 0 Å². The van der Waals surface area contributed by atoms with E-state index in [9.17, 15) is 10.1 Å². The number of hydrogen-bond acceptors (Lipinski definition) is 4. The molecule has 0 bridgehead atoms. The summed E-state index contributed by atoms with van der Waals surface area (Å²) in [7, 11) is 0. The summed E-state index contributed by atoms with van der Waals surface area (Å²) >= 11 is 11.3. The molecule has 1 aliphatic rings. The van der Waals surface area contributed by atoms with Crippen LogP contribution in [-0.4, -0.2) is 5.91 Å². The number of ether oxygens (including phenoxy) is 1. The number of benzene rings is 2. The Morgan fingerprint density at radius 3 is 2.77 bits per heavy atom. The smallest absolute Gasteiger partial charge is 0.231 e. The minimum Gasteiger partial charge on any atom is -0.466 e. The van der Waals surface area contributed by atoms with Crippen molar-refractivity contribution in [1.82, 2.24) is 0 Å². The largest absolute Gasteiger partial charge is 0.466 e. The van der Waals surface area contributed by atoms with Crippen molar-refractivity contribution in [3.8, 4) is 6.07 Å². The molecule has 0 aromatic heterocycles. The standard InChI is InChI=1S/C24H21ClN2O2S/c1-4-21(29-5-2)19-12-23(28)27(14-17-7-6-15(3)22(30)11-17)20-10-16(13-26)8-9-18(20)24(19)25/h4-11,30H,2,12,14H2,1,3H3/b21-4-. The molecule has 1 amide bonds. The minimum absolute atomic E-state index is 0.0580. The quantitative estimate of drug-likeness (QED) is 0.454. The second-order valence-corrected chi connectivity index (χ2v) is 7.71. The summed E-state index contributed by atoms with van der Waals surface area (Å²) in [5, 5.41) is 9.80. The van der Waals surface area contributed by atoms with Gasteiger partial charge in [0.1, 0.15) is 5.76 Å². The SMILES string of the molecule is C=CO/C(=C\C)C1=C(Cl)c2ccc(C#N)cc2N(Cc2ccc(C)c(S)c2)C(=O)C1. The Balaban J connectivity index is 2.15. The molecule has 0 radical (unpaired) electrons. The topological polar surface area (TPSA) is 53.3 Å². The van der Waals surface area contributed by atoms with Crippen LogP contribution in [0.4, 0.5) is 5.69 Å². The fraction of sp³-hybridized carbons (Fsp3) is 0.167. The summed E-state index contributed by atoms with van der Waals surface area (Å²) in [5.41, 5.74) is 4.28. The Labute approximate surface area is 187 Å². The Morgan fingerprint density at radius 1 is 1.37 bits per heavy atom. The molecule has 0 saturated heterocycles. The number of hydrogen-bond donors (Lipinski definition) is 1. The van der Waals surface area contributed by atoms with Crippen molar-refractivity contribution >= 4 is 40.9 Å². The molecule has 1 aliphatic heterocycles. The number of fused-ring (bicyclic) bond motifs is 1. The molecule has 0 saturated carbocycles. The van der Waals surface area contributed by atoms with Crippen molar-refractivity contribution in [2.24, 2.45) is 0 Å². The average Bonchev–Trinajstić information content (AvgIpc) is 2.84. The number of allylic oxidation sites excluding steroid dienone is 2. The van der Waals surface area contributed by atoms with Gasteiger partial charge in [-0.15, -0.1) is 12.6 Å². The van der Waals surface area contributed by atoms with E-state index in [1.807, 2.05) is 32.0 Å². The first-order chi connectivity index (χ1) is 14.4. The van der Waals surface area contributed by atoms with Crippen molar-refractivity contribution < 1.29 is 9.53 Å². The lowest BCUT2D eigenvalue weighted by atomic mass is 10.0. The lowest BCUT2D eigenvalue weighted by Gasteiger charge is -2.24. The van der Waals surface area contributed by atoms with Gasteiger partial charge in [-0.3, -0.25) is 4.79 Å². The maximum Gasteiger partial charge on any atom is 0.231 e. The van der Waals surface area contributed by atoms with Crippen molar-refractivity contribution in [2.75, 3.05) is 4.90 Å². The third kappa shape index (κ3) is 4.30. The molecule has 0 N–H and O–H groups in total. The van der Waals surface area contributed by atoms with E-state index in [2.05, 4.69) is 25.3 Å². The monoisotopic (exact) mass is 436 g/mol. The first kappa shape index (κ1) is 21.8. The van der Waals surface area contributed by atoms with Crippen LogP contribution in [0, 0.1) is 18.3 Å². The molecular weight excluding hydrogens is 416 g/mol. The van der Waals surface area contributed by atoms with Gasteiger partial charge in [-0.25, -0.2) is 0 Å². The summed E-state index contributed by atoms with van der Waals surface area (Å²) in [6, 6.07) is 13.2. The van der Waals surface area contributed by atoms with Crippen LogP contribution >= 0.6 is 24.2 Å². The van der Waals surface area contributed by atoms with Gasteiger partial charge in [0.2, 0.25) is 5.91 Å². The third-order valence-corrected chi connectivity index (χ3v) is 5.85. The molecule has 1 heterocycles. The highest BCUT2D eigenvalue weighted by molar-refractivity contribution is 7.80. The fourth-order valence-electron chi connectivity index (χ4n) is 3.34. The number of halogens is 1. The predicted molar refractivity (Wildman–Crippen MR) is 123 cm³/mol. The van der Waals surface area contributed by atoms with Gasteiger partial charge < -0.3 is 9.64 Å². The lowest BCUT2D eigenvalue weighted by Crippen LogP contribution is -2.30. The molecule has 2 aromatic carbocycles. The van der Waals surface area contributed by atoms with E-state index >= 15 is 0 Å². The van der Waals surface area contributed by atoms with Gasteiger partial charge in [0, 0.05) is 16.0 Å². The number of carbonyl (C=O) groups excluding carboxylic acids is 1. The summed E-state index contributed by atoms with van der Waals surface area (Å²) in [5.74, 6) is 0.332. The molecule has 0 atom stereocenters. The van der Waals surface area contributed by atoms with E-state index in [4.69, 9.17) is 16.3 Å². The van der Waals surface area contributed by atoms with E-state index in [0.29, 0.717) is 39.7 Å². The van der Waals surface area contributed by atoms with E-state index in [1.165, 1.54) is 6.26 Å². The molecule has 0 aliphatic carbocycles. The van der Waals surface area contributed by atoms with Crippen molar-refractivity contribution in [1.29, 1.82) is 5.26 Å². The first-order valence-corrected chi connectivity index (χ1v) is 10.2. The minimum atomic E-state index is -0.148. The Morgan fingerprint density at radius 2 is 2.13 bits per heavy atom. The molecule has 152 valence electrons. The molecule has 0 fully saturated rings. The summed E-state index contributed by atoms with van der Waals surface area (Å²) < 4.78 is 5.50. The second kappa shape index (κ2) is 9.25. The van der Waals surface area contributed by atoms with E-state index in [1.54, 1.807) is 29.2 Å². The highest BCUT2D eigenvalue weighted by atomic mass is 35.5. The normalized spacial score (nSPS) is 14.2. The predicted octanol–water partition coefficient (Wildman–Crippen LogP) is 6.11. The summed E-state index contributed by atoms with van der Waals surface area (Å²) in [6.07, 6.45) is 3.11. The van der Waals surface area contributed by atoms with Gasteiger partial charge in [0.15, 0.2) is 0 Å². The molecular formula is C24H21ClN2O2S. The molecule has 4 nitrogen and oxygen atoms in total. The van der Waals surface area contributed by atoms with Gasteiger partial charge in [-0.05, 0) is 49.2 Å². The zero-order valence-electron chi connectivity index (χ0n) is 16.8. The second-order valence-electron chi connectivity index (χ2n) is 6.85. The Kier molecular flexibility index (Phi) is 6.71. The zero-order valence-corrected chi connectivity index (χ0v) is 18.4. The van der Waals surface area contributed by atoms with E-state index in [-0.39, 0.29) is 12.3 Å². The number of nitrogens with zero attached hydrogens (tertiary/aromatic N) is 2. The van der Waals surface area contributed by atoms with Crippen LogP contribution in [-0.2, 0) is 16.1 Å². The van der Waals surface area contributed by atoms with E-state index in [0.717, 1.165) is 16.0 Å². The molecule has 30 heavy (non-hydrogen) atoms. The molecule has 6 heteroatoms. The van der Waals surface area contributed by atoms with Gasteiger partial charge in [0.05, 0.1) is 41.6 Å². The summed E-state index contributed by atoms with van der Waals surface area (Å²) in [6.45, 7) is 7.72. The van der Waals surface area contributed by atoms with Crippen LogP contribution in [0.25, 0.3) is 5.03 Å². The van der Waals surface area contributed by atoms with Crippen LogP contribution < -0.4 is 4.90 Å². The van der Waals surface area contributed by atoms with Crippen LogP contribution in [0.5, 0.6) is 0 Å². The number of carbonyl (C=O) groups is 1. The molecule has 0 unspecified atom stereocenters.